The van der Waals surface area contributed by atoms with E-state index in [1.165, 1.54) is 21.3 Å². The van der Waals surface area contributed by atoms with Crippen molar-refractivity contribution in [3.8, 4) is 0 Å². The lowest BCUT2D eigenvalue weighted by atomic mass is 10.0. The predicted molar refractivity (Wildman–Crippen MR) is 176 cm³/mol. The van der Waals surface area contributed by atoms with Crippen molar-refractivity contribution in [2.45, 2.75) is 58.0 Å². The minimum absolute atomic E-state index is 0.0829. The third kappa shape index (κ3) is 8.14. The van der Waals surface area contributed by atoms with Gasteiger partial charge in [-0.25, -0.2) is 8.42 Å². The highest BCUT2D eigenvalue weighted by Crippen LogP contribution is 2.28. The fourth-order valence-corrected chi connectivity index (χ4v) is 6.75. The van der Waals surface area contributed by atoms with Crippen molar-refractivity contribution in [2.75, 3.05) is 17.4 Å². The van der Waals surface area contributed by atoms with Gasteiger partial charge >= 0.3 is 0 Å². The summed E-state index contributed by atoms with van der Waals surface area (Å²) < 4.78 is 29.5. The van der Waals surface area contributed by atoms with Crippen molar-refractivity contribution < 1.29 is 18.0 Å². The highest BCUT2D eigenvalue weighted by atomic mass is 32.2. The maximum atomic E-state index is 14.5. The van der Waals surface area contributed by atoms with E-state index in [0.29, 0.717) is 12.2 Å². The van der Waals surface area contributed by atoms with Crippen molar-refractivity contribution in [1.82, 2.24) is 10.2 Å². The van der Waals surface area contributed by atoms with E-state index in [1.807, 2.05) is 94.4 Å². The molecule has 4 aromatic rings. The Balaban J connectivity index is 1.81. The maximum absolute atomic E-state index is 14.5. The maximum Gasteiger partial charge on any atom is 0.264 e. The Morgan fingerprint density at radius 1 is 0.773 bits per heavy atom. The summed E-state index contributed by atoms with van der Waals surface area (Å²) in [7, 11) is -4.13. The third-order valence-electron chi connectivity index (χ3n) is 7.49. The van der Waals surface area contributed by atoms with Crippen LogP contribution in [0.25, 0.3) is 0 Å². The summed E-state index contributed by atoms with van der Waals surface area (Å²) in [6.07, 6.45) is 1.02. The predicted octanol–water partition coefficient (Wildman–Crippen LogP) is 5.97. The van der Waals surface area contributed by atoms with E-state index in [9.17, 15) is 18.0 Å². The second-order valence-electron chi connectivity index (χ2n) is 11.1. The second-order valence-corrected chi connectivity index (χ2v) is 13.0. The van der Waals surface area contributed by atoms with Gasteiger partial charge < -0.3 is 10.2 Å². The largest absolute Gasteiger partial charge is 0.354 e. The molecule has 0 aliphatic carbocycles. The number of nitrogens with zero attached hydrogens (tertiary/aromatic N) is 2. The Morgan fingerprint density at radius 3 is 2.05 bits per heavy atom. The van der Waals surface area contributed by atoms with Crippen molar-refractivity contribution in [2.24, 2.45) is 0 Å². The zero-order valence-electron chi connectivity index (χ0n) is 25.9. The van der Waals surface area contributed by atoms with Crippen LogP contribution in [0.4, 0.5) is 5.69 Å². The number of hydrogen-bond donors (Lipinski definition) is 1. The average Bonchev–Trinajstić information content (AvgIpc) is 3.01. The highest BCUT2D eigenvalue weighted by molar-refractivity contribution is 7.92. The van der Waals surface area contributed by atoms with Crippen LogP contribution in [0.1, 0.15) is 41.2 Å². The number of carbonyl (C=O) groups excluding carboxylic acids is 2. The van der Waals surface area contributed by atoms with Gasteiger partial charge in [0.25, 0.3) is 10.0 Å². The highest BCUT2D eigenvalue weighted by Gasteiger charge is 2.35. The quantitative estimate of drug-likeness (QED) is 0.202. The Kier molecular flexibility index (Phi) is 11.0. The van der Waals surface area contributed by atoms with Gasteiger partial charge in [-0.2, -0.15) is 0 Å². The molecule has 8 heteroatoms. The number of anilines is 1. The van der Waals surface area contributed by atoms with E-state index in [1.54, 1.807) is 24.3 Å². The topological polar surface area (TPSA) is 86.8 Å². The van der Waals surface area contributed by atoms with E-state index in [2.05, 4.69) is 5.32 Å². The fourth-order valence-electron chi connectivity index (χ4n) is 5.25. The molecule has 1 atom stereocenters. The molecule has 0 aromatic heterocycles. The smallest absolute Gasteiger partial charge is 0.264 e. The normalized spacial score (nSPS) is 11.9. The zero-order chi connectivity index (χ0) is 31.7. The van der Waals surface area contributed by atoms with E-state index >= 15 is 0 Å². The molecule has 1 unspecified atom stereocenters. The Morgan fingerprint density at radius 2 is 1.41 bits per heavy atom. The van der Waals surface area contributed by atoms with Gasteiger partial charge in [0.15, 0.2) is 0 Å². The van der Waals surface area contributed by atoms with Gasteiger partial charge in [-0.15, -0.1) is 0 Å². The van der Waals surface area contributed by atoms with Crippen molar-refractivity contribution in [1.29, 1.82) is 0 Å². The molecule has 0 saturated carbocycles. The Labute approximate surface area is 261 Å². The van der Waals surface area contributed by atoms with Gasteiger partial charge in [-0.1, -0.05) is 103 Å². The molecule has 1 N–H and O–H groups in total. The monoisotopic (exact) mass is 611 g/mol. The van der Waals surface area contributed by atoms with E-state index in [0.717, 1.165) is 34.2 Å². The van der Waals surface area contributed by atoms with Gasteiger partial charge in [-0.05, 0) is 62.1 Å². The van der Waals surface area contributed by atoms with Gasteiger partial charge in [0.05, 0.1) is 10.6 Å². The lowest BCUT2D eigenvalue weighted by Crippen LogP contribution is -2.53. The van der Waals surface area contributed by atoms with Crippen LogP contribution in [0, 0.1) is 20.8 Å². The summed E-state index contributed by atoms with van der Waals surface area (Å²) in [6, 6.07) is 30.1. The molecule has 2 amide bonds. The first kappa shape index (κ1) is 32.5. The SMILES string of the molecule is CCCNC(=O)C(Cc1ccccc1)N(Cc1cccc(C)c1)C(=O)CN(c1ccc(C)cc1C)S(=O)(=O)c1ccccc1. The number of sulfonamides is 1. The molecule has 0 bridgehead atoms. The van der Waals surface area contributed by atoms with Crippen molar-refractivity contribution in [3.63, 3.8) is 0 Å². The van der Waals surface area contributed by atoms with Gasteiger partial charge in [0.2, 0.25) is 11.8 Å². The van der Waals surface area contributed by atoms with Crippen LogP contribution in [-0.4, -0.2) is 44.3 Å². The third-order valence-corrected chi connectivity index (χ3v) is 9.26. The number of amides is 2. The Bertz CT molecular complexity index is 1670. The minimum atomic E-state index is -4.13. The molecule has 7 nitrogen and oxygen atoms in total. The van der Waals surface area contributed by atoms with Gasteiger partial charge in [-0.3, -0.25) is 13.9 Å². The summed E-state index contributed by atoms with van der Waals surface area (Å²) in [5, 5.41) is 2.98. The molecule has 0 heterocycles. The molecule has 0 saturated heterocycles. The molecule has 4 rings (SSSR count). The zero-order valence-corrected chi connectivity index (χ0v) is 26.7. The standard InChI is InChI=1S/C36H41N3O4S/c1-5-21-37-36(41)34(24-30-14-8-6-9-15-30)38(25-31-16-12-13-27(2)23-31)35(40)26-39(33-20-19-28(3)22-29(33)4)44(42,43)32-17-10-7-11-18-32/h6-20,22-23,34H,5,21,24-26H2,1-4H3,(H,37,41). The molecule has 0 spiro atoms. The minimum Gasteiger partial charge on any atom is -0.354 e. The number of rotatable bonds is 13. The first-order valence-corrected chi connectivity index (χ1v) is 16.4. The molecular formula is C36H41N3O4S. The molecule has 0 aliphatic heterocycles. The Hall–Kier alpha value is -4.43. The lowest BCUT2D eigenvalue weighted by molar-refractivity contribution is -0.140. The number of carbonyl (C=O) groups is 2. The molecule has 0 radical (unpaired) electrons. The van der Waals surface area contributed by atoms with E-state index in [4.69, 9.17) is 0 Å². The number of benzene rings is 4. The summed E-state index contributed by atoms with van der Waals surface area (Å²) >= 11 is 0. The fraction of sp³-hybridized carbons (Fsp3) is 0.278. The first-order chi connectivity index (χ1) is 21.1. The molecule has 0 aliphatic rings. The van der Waals surface area contributed by atoms with Gasteiger partial charge in [0, 0.05) is 19.5 Å². The van der Waals surface area contributed by atoms with E-state index in [-0.39, 0.29) is 23.8 Å². The summed E-state index contributed by atoms with van der Waals surface area (Å²) in [5.74, 6) is -0.751. The summed E-state index contributed by atoms with van der Waals surface area (Å²) in [6.45, 7) is 7.85. The van der Waals surface area contributed by atoms with Crippen LogP contribution in [0.3, 0.4) is 0 Å². The number of hydrogen-bond acceptors (Lipinski definition) is 4. The second kappa shape index (κ2) is 14.8. The van der Waals surface area contributed by atoms with Gasteiger partial charge in [0.1, 0.15) is 12.6 Å². The first-order valence-electron chi connectivity index (χ1n) is 14.9. The van der Waals surface area contributed by atoms with Crippen LogP contribution < -0.4 is 9.62 Å². The van der Waals surface area contributed by atoms with Crippen molar-refractivity contribution in [3.05, 3.63) is 131 Å². The summed E-state index contributed by atoms with van der Waals surface area (Å²) in [5.41, 5.74) is 4.89. The van der Waals surface area contributed by atoms with Crippen LogP contribution in [0.15, 0.2) is 108 Å². The average molecular weight is 612 g/mol. The molecule has 4 aromatic carbocycles. The summed E-state index contributed by atoms with van der Waals surface area (Å²) in [4.78, 5) is 29.9. The van der Waals surface area contributed by atoms with Crippen LogP contribution in [0.5, 0.6) is 0 Å². The van der Waals surface area contributed by atoms with Crippen LogP contribution in [-0.2, 0) is 32.6 Å². The molecule has 44 heavy (non-hydrogen) atoms. The number of nitrogens with one attached hydrogen (secondary N) is 1. The lowest BCUT2D eigenvalue weighted by Gasteiger charge is -2.34. The number of aryl methyl sites for hydroxylation is 3. The molecule has 0 fully saturated rings. The molecular weight excluding hydrogens is 570 g/mol. The van der Waals surface area contributed by atoms with E-state index < -0.39 is 28.5 Å². The van der Waals surface area contributed by atoms with Crippen LogP contribution >= 0.6 is 0 Å². The molecule has 230 valence electrons. The van der Waals surface area contributed by atoms with Crippen LogP contribution in [0.2, 0.25) is 0 Å². The van der Waals surface area contributed by atoms with Crippen molar-refractivity contribution >= 4 is 27.5 Å².